The molecule has 1 atom stereocenters. The highest BCUT2D eigenvalue weighted by molar-refractivity contribution is 7.89. The minimum atomic E-state index is -4.08. The smallest absolute Gasteiger partial charge is 0.286 e. The summed E-state index contributed by atoms with van der Waals surface area (Å²) < 4.78 is 54.5. The van der Waals surface area contributed by atoms with Crippen molar-refractivity contribution in [2.24, 2.45) is 0 Å². The predicted octanol–water partition coefficient (Wildman–Crippen LogP) is 3.59. The van der Waals surface area contributed by atoms with Crippen molar-refractivity contribution in [3.8, 4) is 0 Å². The van der Waals surface area contributed by atoms with Crippen molar-refractivity contribution >= 4 is 33.0 Å². The largest absolute Gasteiger partial charge is 0.320 e. The number of nitrogens with zero attached hydrogens (tertiary/aromatic N) is 3. The number of benzene rings is 2. The van der Waals surface area contributed by atoms with E-state index in [1.807, 2.05) is 0 Å². The SMILES string of the molecule is O=C(Nc1cccc(F)c1)c1nnc([C@@H]2CCCN2S(=O)(=O)c2ccccc2F)s1. The highest BCUT2D eigenvalue weighted by Gasteiger charge is 2.39. The van der Waals surface area contributed by atoms with Gasteiger partial charge in [-0.25, -0.2) is 17.2 Å². The van der Waals surface area contributed by atoms with Gasteiger partial charge in [-0.05, 0) is 43.2 Å². The molecule has 156 valence electrons. The molecular formula is C19H16F2N4O3S2. The van der Waals surface area contributed by atoms with E-state index in [9.17, 15) is 22.0 Å². The van der Waals surface area contributed by atoms with Gasteiger partial charge in [0.25, 0.3) is 5.91 Å². The molecule has 0 unspecified atom stereocenters. The summed E-state index contributed by atoms with van der Waals surface area (Å²) in [5, 5.41) is 10.7. The Kier molecular flexibility index (Phi) is 5.58. The van der Waals surface area contributed by atoms with E-state index in [1.165, 1.54) is 46.8 Å². The van der Waals surface area contributed by atoms with Gasteiger partial charge in [0.2, 0.25) is 15.0 Å². The van der Waals surface area contributed by atoms with E-state index in [0.29, 0.717) is 17.8 Å². The van der Waals surface area contributed by atoms with Gasteiger partial charge in [-0.15, -0.1) is 10.2 Å². The fourth-order valence-corrected chi connectivity index (χ4v) is 5.95. The number of anilines is 1. The molecule has 1 saturated heterocycles. The topological polar surface area (TPSA) is 92.3 Å². The Morgan fingerprint density at radius 3 is 2.70 bits per heavy atom. The number of hydrogen-bond donors (Lipinski definition) is 1. The minimum absolute atomic E-state index is 0.0180. The molecular weight excluding hydrogens is 434 g/mol. The van der Waals surface area contributed by atoms with Crippen molar-refractivity contribution in [1.29, 1.82) is 0 Å². The molecule has 3 aromatic rings. The highest BCUT2D eigenvalue weighted by atomic mass is 32.2. The molecule has 1 aromatic heterocycles. The number of carbonyl (C=O) groups excluding carboxylic acids is 1. The molecule has 1 aliphatic heterocycles. The Bertz CT molecular complexity index is 1200. The zero-order valence-electron chi connectivity index (χ0n) is 15.5. The Hall–Kier alpha value is -2.76. The summed E-state index contributed by atoms with van der Waals surface area (Å²) in [6.45, 7) is 0.214. The lowest BCUT2D eigenvalue weighted by atomic mass is 10.2. The van der Waals surface area contributed by atoms with Gasteiger partial charge in [0.1, 0.15) is 21.5 Å². The van der Waals surface area contributed by atoms with Gasteiger partial charge < -0.3 is 5.32 Å². The molecule has 1 fully saturated rings. The predicted molar refractivity (Wildman–Crippen MR) is 107 cm³/mol. The van der Waals surface area contributed by atoms with Gasteiger partial charge in [-0.2, -0.15) is 4.31 Å². The first-order valence-corrected chi connectivity index (χ1v) is 11.3. The number of nitrogens with one attached hydrogen (secondary N) is 1. The molecule has 0 spiro atoms. The zero-order chi connectivity index (χ0) is 21.3. The molecule has 2 aromatic carbocycles. The third-order valence-electron chi connectivity index (χ3n) is 4.63. The molecule has 0 bridgehead atoms. The highest BCUT2D eigenvalue weighted by Crippen LogP contribution is 2.38. The van der Waals surface area contributed by atoms with Crippen LogP contribution in [-0.2, 0) is 10.0 Å². The first-order valence-electron chi connectivity index (χ1n) is 9.03. The molecule has 7 nitrogen and oxygen atoms in total. The summed E-state index contributed by atoms with van der Waals surface area (Å²) in [6, 6.07) is 9.97. The fraction of sp³-hybridized carbons (Fsp3) is 0.211. The molecule has 0 radical (unpaired) electrons. The molecule has 1 amide bonds. The van der Waals surface area contributed by atoms with Gasteiger partial charge in [-0.3, -0.25) is 4.79 Å². The molecule has 1 aliphatic rings. The van der Waals surface area contributed by atoms with E-state index < -0.39 is 38.5 Å². The Labute approximate surface area is 175 Å². The van der Waals surface area contributed by atoms with Crippen LogP contribution in [0.2, 0.25) is 0 Å². The second kappa shape index (κ2) is 8.17. The quantitative estimate of drug-likeness (QED) is 0.641. The summed E-state index contributed by atoms with van der Waals surface area (Å²) in [5.41, 5.74) is 0.265. The second-order valence-corrected chi connectivity index (χ2v) is 9.48. The molecule has 2 heterocycles. The van der Waals surface area contributed by atoms with Crippen LogP contribution in [0.4, 0.5) is 14.5 Å². The lowest BCUT2D eigenvalue weighted by molar-refractivity contribution is 0.102. The summed E-state index contributed by atoms with van der Waals surface area (Å²) in [4.78, 5) is 12.0. The van der Waals surface area contributed by atoms with Crippen LogP contribution in [0.3, 0.4) is 0 Å². The Balaban J connectivity index is 1.56. The summed E-state index contributed by atoms with van der Waals surface area (Å²) in [7, 11) is -4.08. The summed E-state index contributed by atoms with van der Waals surface area (Å²) in [5.74, 6) is -1.90. The van der Waals surface area contributed by atoms with Crippen LogP contribution >= 0.6 is 11.3 Å². The van der Waals surface area contributed by atoms with Crippen LogP contribution in [-0.4, -0.2) is 35.4 Å². The standard InChI is InChI=1S/C19H16F2N4O3S2/c20-12-5-3-6-13(11-12)22-17(26)19-24-23-18(29-19)15-8-4-10-25(15)30(27,28)16-9-2-1-7-14(16)21/h1-3,5-7,9,11,15H,4,8,10H2,(H,22,26)/t15-/m0/s1. The monoisotopic (exact) mass is 450 g/mol. The van der Waals surface area contributed by atoms with Gasteiger partial charge >= 0.3 is 0 Å². The number of rotatable bonds is 5. The third kappa shape index (κ3) is 3.95. The van der Waals surface area contributed by atoms with E-state index in [2.05, 4.69) is 15.5 Å². The van der Waals surface area contributed by atoms with Crippen molar-refractivity contribution in [2.45, 2.75) is 23.8 Å². The lowest BCUT2D eigenvalue weighted by Crippen LogP contribution is -2.31. The second-order valence-electron chi connectivity index (χ2n) is 6.61. The lowest BCUT2D eigenvalue weighted by Gasteiger charge is -2.22. The van der Waals surface area contributed by atoms with E-state index in [0.717, 1.165) is 17.4 Å². The maximum atomic E-state index is 14.1. The van der Waals surface area contributed by atoms with Crippen LogP contribution in [0.25, 0.3) is 0 Å². The van der Waals surface area contributed by atoms with Gasteiger partial charge in [0.05, 0.1) is 6.04 Å². The average Bonchev–Trinajstić information content (AvgIpc) is 3.38. The molecule has 30 heavy (non-hydrogen) atoms. The maximum Gasteiger partial charge on any atom is 0.286 e. The van der Waals surface area contributed by atoms with E-state index in [4.69, 9.17) is 0 Å². The van der Waals surface area contributed by atoms with E-state index >= 15 is 0 Å². The van der Waals surface area contributed by atoms with Crippen molar-refractivity contribution in [1.82, 2.24) is 14.5 Å². The fourth-order valence-electron chi connectivity index (χ4n) is 3.27. The van der Waals surface area contributed by atoms with E-state index in [1.54, 1.807) is 0 Å². The van der Waals surface area contributed by atoms with Crippen molar-refractivity contribution in [3.05, 3.63) is 70.2 Å². The number of amides is 1. The molecule has 1 N–H and O–H groups in total. The Morgan fingerprint density at radius 2 is 1.93 bits per heavy atom. The van der Waals surface area contributed by atoms with E-state index in [-0.39, 0.29) is 17.2 Å². The van der Waals surface area contributed by atoms with Crippen molar-refractivity contribution in [2.75, 3.05) is 11.9 Å². The van der Waals surface area contributed by atoms with Crippen LogP contribution in [0.1, 0.15) is 33.7 Å². The maximum absolute atomic E-state index is 14.1. The first kappa shape index (κ1) is 20.5. The molecule has 11 heteroatoms. The van der Waals surface area contributed by atoms with Crippen LogP contribution in [0, 0.1) is 11.6 Å². The molecule has 0 aliphatic carbocycles. The zero-order valence-corrected chi connectivity index (χ0v) is 17.1. The third-order valence-corrected chi connectivity index (χ3v) is 7.59. The van der Waals surface area contributed by atoms with Gasteiger partial charge in [0, 0.05) is 12.2 Å². The van der Waals surface area contributed by atoms with Crippen LogP contribution in [0.5, 0.6) is 0 Å². The first-order chi connectivity index (χ1) is 14.4. The number of aromatic nitrogens is 2. The minimum Gasteiger partial charge on any atom is -0.320 e. The number of halogens is 2. The van der Waals surface area contributed by atoms with Crippen LogP contribution in [0.15, 0.2) is 53.4 Å². The normalized spacial score (nSPS) is 17.2. The number of carbonyl (C=O) groups is 1. The summed E-state index contributed by atoms with van der Waals surface area (Å²) in [6.07, 6.45) is 1.05. The average molecular weight is 450 g/mol. The van der Waals surface area contributed by atoms with Crippen molar-refractivity contribution in [3.63, 3.8) is 0 Å². The molecule has 0 saturated carbocycles. The Morgan fingerprint density at radius 1 is 1.13 bits per heavy atom. The van der Waals surface area contributed by atoms with Gasteiger partial charge in [0.15, 0.2) is 0 Å². The number of hydrogen-bond acceptors (Lipinski definition) is 6. The molecule has 4 rings (SSSR count). The van der Waals surface area contributed by atoms with Crippen molar-refractivity contribution < 1.29 is 22.0 Å². The van der Waals surface area contributed by atoms with Gasteiger partial charge in [-0.1, -0.05) is 29.5 Å². The van der Waals surface area contributed by atoms with Crippen LogP contribution < -0.4 is 5.32 Å². The number of sulfonamides is 1. The summed E-state index contributed by atoms with van der Waals surface area (Å²) >= 11 is 0.953.